The molecule has 0 aromatic carbocycles. The lowest BCUT2D eigenvalue weighted by Gasteiger charge is -2.30. The quantitative estimate of drug-likeness (QED) is 0.695. The highest BCUT2D eigenvalue weighted by Crippen LogP contribution is 2.24. The molecule has 5 nitrogen and oxygen atoms in total. The maximum absolute atomic E-state index is 12.6. The van der Waals surface area contributed by atoms with Crippen molar-refractivity contribution in [2.45, 2.75) is 19.2 Å². The van der Waals surface area contributed by atoms with E-state index in [9.17, 15) is 26.4 Å². The summed E-state index contributed by atoms with van der Waals surface area (Å²) in [5, 5.41) is 0. The van der Waals surface area contributed by atoms with Crippen molar-refractivity contribution in [1.29, 1.82) is 0 Å². The summed E-state index contributed by atoms with van der Waals surface area (Å²) in [5.41, 5.74) is 0. The van der Waals surface area contributed by atoms with E-state index in [1.807, 2.05) is 0 Å². The van der Waals surface area contributed by atoms with Crippen LogP contribution in [0.2, 0.25) is 0 Å². The summed E-state index contributed by atoms with van der Waals surface area (Å²) in [5.74, 6) is -1.35. The van der Waals surface area contributed by atoms with Crippen LogP contribution in [0.3, 0.4) is 0 Å². The standard InChI is InChI=1S/C9H14F3NO4S/c1-7(14)17-8(9(10,11)12)6-13-2-4-18(15,16)5-3-13/h8H,2-6H2,1H3. The summed E-state index contributed by atoms with van der Waals surface area (Å²) in [6.07, 6.45) is -6.86. The lowest BCUT2D eigenvalue weighted by atomic mass is 10.3. The number of carbonyl (C=O) groups excluding carboxylic acids is 1. The number of hydrogen-bond donors (Lipinski definition) is 0. The molecule has 18 heavy (non-hydrogen) atoms. The van der Waals surface area contributed by atoms with Gasteiger partial charge in [-0.2, -0.15) is 13.2 Å². The minimum atomic E-state index is -4.65. The number of carbonyl (C=O) groups is 1. The lowest BCUT2D eigenvalue weighted by Crippen LogP contribution is -2.48. The van der Waals surface area contributed by atoms with Crippen molar-refractivity contribution < 1.29 is 31.1 Å². The average molecular weight is 289 g/mol. The Morgan fingerprint density at radius 3 is 2.22 bits per heavy atom. The van der Waals surface area contributed by atoms with Crippen molar-refractivity contribution in [3.8, 4) is 0 Å². The molecule has 1 unspecified atom stereocenters. The molecule has 1 rings (SSSR count). The van der Waals surface area contributed by atoms with Crippen molar-refractivity contribution in [3.63, 3.8) is 0 Å². The fourth-order valence-electron chi connectivity index (χ4n) is 1.58. The zero-order chi connectivity index (χ0) is 14.0. The van der Waals surface area contributed by atoms with Crippen LogP contribution in [0.5, 0.6) is 0 Å². The first kappa shape index (κ1) is 15.2. The third-order valence-corrected chi connectivity index (χ3v) is 4.14. The van der Waals surface area contributed by atoms with E-state index >= 15 is 0 Å². The number of esters is 1. The molecule has 9 heteroatoms. The lowest BCUT2D eigenvalue weighted by molar-refractivity contribution is -0.223. The second kappa shape index (κ2) is 5.43. The number of hydrogen-bond acceptors (Lipinski definition) is 5. The van der Waals surface area contributed by atoms with Gasteiger partial charge in [-0.05, 0) is 0 Å². The second-order valence-electron chi connectivity index (χ2n) is 4.09. The third kappa shape index (κ3) is 4.81. The minimum absolute atomic E-state index is 0.0240. The highest BCUT2D eigenvalue weighted by Gasteiger charge is 2.43. The fraction of sp³-hybridized carbons (Fsp3) is 0.889. The van der Waals surface area contributed by atoms with Gasteiger partial charge in [-0.15, -0.1) is 0 Å². The molecular formula is C9H14F3NO4S. The van der Waals surface area contributed by atoms with Gasteiger partial charge in [0.05, 0.1) is 11.5 Å². The Balaban J connectivity index is 2.60. The highest BCUT2D eigenvalue weighted by molar-refractivity contribution is 7.91. The molecular weight excluding hydrogens is 275 g/mol. The zero-order valence-electron chi connectivity index (χ0n) is 9.74. The Morgan fingerprint density at radius 2 is 1.83 bits per heavy atom. The molecule has 1 aliphatic heterocycles. The molecule has 1 heterocycles. The summed E-state index contributed by atoms with van der Waals surface area (Å²) in [6.45, 7) is 0.421. The van der Waals surface area contributed by atoms with Crippen LogP contribution in [0, 0.1) is 0 Å². The average Bonchev–Trinajstić information content (AvgIpc) is 2.18. The maximum atomic E-state index is 12.6. The van der Waals surface area contributed by atoms with Gasteiger partial charge in [0, 0.05) is 26.6 Å². The van der Waals surface area contributed by atoms with Crippen LogP contribution in [-0.4, -0.2) is 62.7 Å². The summed E-state index contributed by atoms with van der Waals surface area (Å²) in [4.78, 5) is 11.9. The first-order valence-electron chi connectivity index (χ1n) is 5.27. The van der Waals surface area contributed by atoms with Gasteiger partial charge in [0.1, 0.15) is 0 Å². The van der Waals surface area contributed by atoms with E-state index in [1.165, 1.54) is 4.90 Å². The van der Waals surface area contributed by atoms with Crippen molar-refractivity contribution in [2.75, 3.05) is 31.1 Å². The monoisotopic (exact) mass is 289 g/mol. The van der Waals surface area contributed by atoms with Gasteiger partial charge in [-0.1, -0.05) is 0 Å². The van der Waals surface area contributed by atoms with Crippen LogP contribution < -0.4 is 0 Å². The van der Waals surface area contributed by atoms with Crippen molar-refractivity contribution >= 4 is 15.8 Å². The van der Waals surface area contributed by atoms with Gasteiger partial charge in [-0.25, -0.2) is 8.42 Å². The molecule has 0 radical (unpaired) electrons. The first-order chi connectivity index (χ1) is 8.10. The van der Waals surface area contributed by atoms with Gasteiger partial charge in [0.2, 0.25) is 6.10 Å². The molecule has 0 bridgehead atoms. The molecule has 0 spiro atoms. The zero-order valence-corrected chi connectivity index (χ0v) is 10.6. The number of nitrogens with zero attached hydrogens (tertiary/aromatic N) is 1. The molecule has 0 aromatic heterocycles. The predicted octanol–water partition coefficient (Wildman–Crippen LogP) is 0.211. The molecule has 0 aromatic rings. The molecule has 1 saturated heterocycles. The van der Waals surface area contributed by atoms with E-state index < -0.39 is 34.6 Å². The second-order valence-corrected chi connectivity index (χ2v) is 6.40. The molecule has 0 saturated carbocycles. The molecule has 106 valence electrons. The first-order valence-corrected chi connectivity index (χ1v) is 7.09. The minimum Gasteiger partial charge on any atom is -0.451 e. The SMILES string of the molecule is CC(=O)OC(CN1CCS(=O)(=O)CC1)C(F)(F)F. The van der Waals surface area contributed by atoms with Gasteiger partial charge < -0.3 is 4.74 Å². The highest BCUT2D eigenvalue weighted by atomic mass is 32.2. The van der Waals surface area contributed by atoms with Gasteiger partial charge >= 0.3 is 12.1 Å². The molecule has 1 atom stereocenters. The Bertz CT molecular complexity index is 393. The van der Waals surface area contributed by atoms with Gasteiger partial charge in [0.25, 0.3) is 0 Å². The van der Waals surface area contributed by atoms with Crippen molar-refractivity contribution in [3.05, 3.63) is 0 Å². The van der Waals surface area contributed by atoms with Gasteiger partial charge in [0.15, 0.2) is 9.84 Å². The van der Waals surface area contributed by atoms with Crippen LogP contribution in [-0.2, 0) is 19.4 Å². The maximum Gasteiger partial charge on any atom is 0.426 e. The molecule has 1 aliphatic rings. The normalized spacial score (nSPS) is 22.4. The number of halogens is 3. The topological polar surface area (TPSA) is 63.7 Å². The number of rotatable bonds is 3. The Hall–Kier alpha value is -0.830. The summed E-state index contributed by atoms with van der Waals surface area (Å²) in [7, 11) is -3.14. The molecule has 0 aliphatic carbocycles. The predicted molar refractivity (Wildman–Crippen MR) is 56.7 cm³/mol. The van der Waals surface area contributed by atoms with Crippen LogP contribution in [0.4, 0.5) is 13.2 Å². The number of ether oxygens (including phenoxy) is 1. The third-order valence-electron chi connectivity index (χ3n) is 2.53. The summed E-state index contributed by atoms with van der Waals surface area (Å²) < 4.78 is 64.2. The van der Waals surface area contributed by atoms with E-state index in [1.54, 1.807) is 0 Å². The van der Waals surface area contributed by atoms with Crippen LogP contribution >= 0.6 is 0 Å². The van der Waals surface area contributed by atoms with Crippen LogP contribution in [0.25, 0.3) is 0 Å². The number of sulfone groups is 1. The molecule has 1 fully saturated rings. The van der Waals surface area contributed by atoms with E-state index in [4.69, 9.17) is 0 Å². The van der Waals surface area contributed by atoms with Crippen LogP contribution in [0.1, 0.15) is 6.92 Å². The Kier molecular flexibility index (Phi) is 4.60. The van der Waals surface area contributed by atoms with Crippen molar-refractivity contribution in [2.24, 2.45) is 0 Å². The van der Waals surface area contributed by atoms with Gasteiger partial charge in [-0.3, -0.25) is 9.69 Å². The smallest absolute Gasteiger partial charge is 0.426 e. The van der Waals surface area contributed by atoms with E-state index in [0.29, 0.717) is 0 Å². The fourth-order valence-corrected chi connectivity index (χ4v) is 2.85. The van der Waals surface area contributed by atoms with Crippen molar-refractivity contribution in [1.82, 2.24) is 4.90 Å². The number of alkyl halides is 3. The largest absolute Gasteiger partial charge is 0.451 e. The molecule has 0 N–H and O–H groups in total. The van der Waals surface area contributed by atoms with Crippen LogP contribution in [0.15, 0.2) is 0 Å². The van der Waals surface area contributed by atoms with E-state index in [0.717, 1.165) is 6.92 Å². The van der Waals surface area contributed by atoms with E-state index in [2.05, 4.69) is 4.74 Å². The molecule has 0 amide bonds. The van der Waals surface area contributed by atoms with E-state index in [-0.39, 0.29) is 24.6 Å². The Morgan fingerprint density at radius 1 is 1.33 bits per heavy atom. The summed E-state index contributed by atoms with van der Waals surface area (Å²) in [6, 6.07) is 0. The summed E-state index contributed by atoms with van der Waals surface area (Å²) >= 11 is 0. The Labute approximate surface area is 103 Å².